The highest BCUT2D eigenvalue weighted by Gasteiger charge is 2.09. The fourth-order valence-corrected chi connectivity index (χ4v) is 3.10. The summed E-state index contributed by atoms with van der Waals surface area (Å²) in [5.74, 6) is -0.383. The average Bonchev–Trinajstić information content (AvgIpc) is 2.61. The summed E-state index contributed by atoms with van der Waals surface area (Å²) in [6, 6.07) is 9.14. The monoisotopic (exact) mass is 360 g/mol. The van der Waals surface area contributed by atoms with E-state index in [4.69, 9.17) is 16.3 Å². The van der Waals surface area contributed by atoms with Gasteiger partial charge in [-0.3, -0.25) is 0 Å². The predicted octanol–water partition coefficient (Wildman–Crippen LogP) is 4.68. The first-order valence-electron chi connectivity index (χ1n) is 8.43. The van der Waals surface area contributed by atoms with E-state index in [0.717, 1.165) is 49.5 Å². The van der Waals surface area contributed by atoms with Gasteiger partial charge in [0.2, 0.25) is 0 Å². The van der Waals surface area contributed by atoms with Crippen molar-refractivity contribution in [3.05, 3.63) is 63.4 Å². The third kappa shape index (κ3) is 4.59. The molecule has 3 nitrogen and oxygen atoms in total. The third-order valence-corrected chi connectivity index (χ3v) is 4.73. The van der Waals surface area contributed by atoms with Crippen molar-refractivity contribution < 1.29 is 9.13 Å². The van der Waals surface area contributed by atoms with Gasteiger partial charge in [0, 0.05) is 13.1 Å². The van der Waals surface area contributed by atoms with Crippen LogP contribution in [-0.2, 0) is 11.2 Å². The van der Waals surface area contributed by atoms with E-state index < -0.39 is 0 Å². The maximum absolute atomic E-state index is 13.3. The van der Waals surface area contributed by atoms with Crippen molar-refractivity contribution in [3.63, 3.8) is 0 Å². The average molecular weight is 361 g/mol. The Labute approximate surface area is 153 Å². The number of aryl methyl sites for hydroxylation is 2. The van der Waals surface area contributed by atoms with Crippen molar-refractivity contribution in [2.24, 2.45) is 4.99 Å². The van der Waals surface area contributed by atoms with E-state index in [0.29, 0.717) is 0 Å². The van der Waals surface area contributed by atoms with E-state index in [9.17, 15) is 4.39 Å². The topological polar surface area (TPSA) is 24.8 Å². The molecule has 1 aliphatic rings. The molecular formula is C20H22ClFN2O. The van der Waals surface area contributed by atoms with Crippen molar-refractivity contribution in [1.29, 1.82) is 0 Å². The molecule has 0 spiro atoms. The normalized spacial score (nSPS) is 15.1. The summed E-state index contributed by atoms with van der Waals surface area (Å²) in [6.45, 7) is 7.41. The second-order valence-corrected chi connectivity index (χ2v) is 6.79. The summed E-state index contributed by atoms with van der Waals surface area (Å²) < 4.78 is 18.7. The molecule has 1 saturated heterocycles. The van der Waals surface area contributed by atoms with E-state index in [1.54, 1.807) is 12.1 Å². The predicted molar refractivity (Wildman–Crippen MR) is 101 cm³/mol. The Bertz CT molecular complexity index is 786. The number of ether oxygens (including phenoxy) is 1. The van der Waals surface area contributed by atoms with Crippen molar-refractivity contribution in [1.82, 2.24) is 4.90 Å². The van der Waals surface area contributed by atoms with Crippen LogP contribution in [0.1, 0.15) is 22.3 Å². The number of aliphatic imine (C=N–C) groups is 1. The highest BCUT2D eigenvalue weighted by Crippen LogP contribution is 2.26. The number of benzene rings is 2. The molecule has 0 bridgehead atoms. The fourth-order valence-electron chi connectivity index (χ4n) is 2.90. The lowest BCUT2D eigenvalue weighted by atomic mass is 9.97. The minimum Gasteiger partial charge on any atom is -0.378 e. The molecule has 0 radical (unpaired) electrons. The van der Waals surface area contributed by atoms with Gasteiger partial charge >= 0.3 is 0 Å². The molecule has 0 unspecified atom stereocenters. The quantitative estimate of drug-likeness (QED) is 0.584. The third-order valence-electron chi connectivity index (χ3n) is 4.44. The maximum Gasteiger partial charge on any atom is 0.141 e. The molecule has 25 heavy (non-hydrogen) atoms. The van der Waals surface area contributed by atoms with Crippen molar-refractivity contribution >= 4 is 23.6 Å². The van der Waals surface area contributed by atoms with Crippen LogP contribution in [0.5, 0.6) is 0 Å². The molecule has 2 aromatic rings. The van der Waals surface area contributed by atoms with Crippen LogP contribution >= 0.6 is 11.6 Å². The van der Waals surface area contributed by atoms with E-state index in [1.165, 1.54) is 17.2 Å². The molecule has 1 aliphatic heterocycles. The molecule has 0 amide bonds. The summed E-state index contributed by atoms with van der Waals surface area (Å²) >= 11 is 5.88. The van der Waals surface area contributed by atoms with Gasteiger partial charge in [0.25, 0.3) is 0 Å². The van der Waals surface area contributed by atoms with Gasteiger partial charge in [0.05, 0.1) is 30.3 Å². The molecule has 0 aromatic heterocycles. The SMILES string of the molecule is Cc1cc(/N=C\N2CCOCC2)c(C)cc1Cc1ccc(F)c(Cl)c1. The van der Waals surface area contributed by atoms with E-state index in [2.05, 4.69) is 35.9 Å². The zero-order valence-electron chi connectivity index (χ0n) is 14.6. The zero-order valence-corrected chi connectivity index (χ0v) is 15.3. The molecule has 0 N–H and O–H groups in total. The Morgan fingerprint density at radius 1 is 1.16 bits per heavy atom. The summed E-state index contributed by atoms with van der Waals surface area (Å²) in [5.41, 5.74) is 5.47. The number of morpholine rings is 1. The molecule has 0 saturated carbocycles. The van der Waals surface area contributed by atoms with Crippen molar-refractivity contribution in [2.45, 2.75) is 20.3 Å². The van der Waals surface area contributed by atoms with Crippen LogP contribution in [-0.4, -0.2) is 37.5 Å². The lowest BCUT2D eigenvalue weighted by Gasteiger charge is -2.24. The van der Waals surface area contributed by atoms with Crippen LogP contribution in [0.15, 0.2) is 35.3 Å². The van der Waals surface area contributed by atoms with Gasteiger partial charge in [-0.05, 0) is 60.7 Å². The first-order valence-corrected chi connectivity index (χ1v) is 8.81. The number of hydrogen-bond acceptors (Lipinski definition) is 2. The van der Waals surface area contributed by atoms with E-state index >= 15 is 0 Å². The van der Waals surface area contributed by atoms with Gasteiger partial charge in [0.1, 0.15) is 5.82 Å². The first-order chi connectivity index (χ1) is 12.0. The van der Waals surface area contributed by atoms with E-state index in [1.807, 2.05) is 6.34 Å². The second kappa shape index (κ2) is 7.98. The fraction of sp³-hybridized carbons (Fsp3) is 0.350. The summed E-state index contributed by atoms with van der Waals surface area (Å²) in [7, 11) is 0. The second-order valence-electron chi connectivity index (χ2n) is 6.38. The zero-order chi connectivity index (χ0) is 17.8. The Balaban J connectivity index is 1.77. The van der Waals surface area contributed by atoms with Gasteiger partial charge in [-0.25, -0.2) is 9.38 Å². The van der Waals surface area contributed by atoms with Crippen LogP contribution in [0.25, 0.3) is 0 Å². The van der Waals surface area contributed by atoms with Gasteiger partial charge in [-0.15, -0.1) is 0 Å². The molecule has 0 aliphatic carbocycles. The molecule has 1 fully saturated rings. The maximum atomic E-state index is 13.3. The van der Waals surface area contributed by atoms with Gasteiger partial charge < -0.3 is 9.64 Å². The number of hydrogen-bond donors (Lipinski definition) is 0. The van der Waals surface area contributed by atoms with Gasteiger partial charge in [-0.2, -0.15) is 0 Å². The molecule has 132 valence electrons. The molecule has 5 heteroatoms. The smallest absolute Gasteiger partial charge is 0.141 e. The Kier molecular flexibility index (Phi) is 5.71. The molecule has 3 rings (SSSR count). The lowest BCUT2D eigenvalue weighted by Crippen LogP contribution is -2.35. The minimum atomic E-state index is -0.383. The highest BCUT2D eigenvalue weighted by molar-refractivity contribution is 6.30. The van der Waals surface area contributed by atoms with Crippen LogP contribution < -0.4 is 0 Å². The standard InChI is InChI=1S/C20H22ClFN2O/c1-14-10-20(23-13-24-5-7-25-8-6-24)15(2)9-17(14)11-16-3-4-19(22)18(21)12-16/h3-4,9-10,12-13H,5-8,11H2,1-2H3/b23-13-. The summed E-state index contributed by atoms with van der Waals surface area (Å²) in [4.78, 5) is 6.81. The van der Waals surface area contributed by atoms with Crippen LogP contribution in [0.2, 0.25) is 5.02 Å². The Hall–Kier alpha value is -1.91. The van der Waals surface area contributed by atoms with Crippen molar-refractivity contribution in [3.8, 4) is 0 Å². The Morgan fingerprint density at radius 3 is 2.64 bits per heavy atom. The lowest BCUT2D eigenvalue weighted by molar-refractivity contribution is 0.0701. The van der Waals surface area contributed by atoms with E-state index in [-0.39, 0.29) is 10.8 Å². The molecule has 0 atom stereocenters. The molecule has 2 aromatic carbocycles. The molecular weight excluding hydrogens is 339 g/mol. The highest BCUT2D eigenvalue weighted by atomic mass is 35.5. The summed E-state index contributed by atoms with van der Waals surface area (Å²) in [6.07, 6.45) is 2.63. The van der Waals surface area contributed by atoms with Crippen LogP contribution in [0.3, 0.4) is 0 Å². The van der Waals surface area contributed by atoms with Crippen LogP contribution in [0, 0.1) is 19.7 Å². The van der Waals surface area contributed by atoms with Crippen LogP contribution in [0.4, 0.5) is 10.1 Å². The summed E-state index contributed by atoms with van der Waals surface area (Å²) in [5, 5.41) is 0.165. The Morgan fingerprint density at radius 2 is 1.92 bits per heavy atom. The number of rotatable bonds is 4. The largest absolute Gasteiger partial charge is 0.378 e. The number of halogens is 2. The van der Waals surface area contributed by atoms with Gasteiger partial charge in [-0.1, -0.05) is 23.7 Å². The minimum absolute atomic E-state index is 0.165. The first kappa shape index (κ1) is 17.9. The van der Waals surface area contributed by atoms with Crippen molar-refractivity contribution in [2.75, 3.05) is 26.3 Å². The molecule has 1 heterocycles. The number of nitrogens with zero attached hydrogens (tertiary/aromatic N) is 2. The van der Waals surface area contributed by atoms with Gasteiger partial charge in [0.15, 0.2) is 0 Å².